The first-order valence-corrected chi connectivity index (χ1v) is 6.60. The van der Waals surface area contributed by atoms with E-state index in [1.54, 1.807) is 12.5 Å². The zero-order chi connectivity index (χ0) is 13.3. The van der Waals surface area contributed by atoms with Crippen molar-refractivity contribution in [1.82, 2.24) is 9.55 Å². The van der Waals surface area contributed by atoms with Crippen molar-refractivity contribution in [2.45, 2.75) is 46.1 Å². The minimum absolute atomic E-state index is 0.0444. The Kier molecular flexibility index (Phi) is 3.46. The summed E-state index contributed by atoms with van der Waals surface area (Å²) >= 11 is 0. The number of carboxylic acids is 1. The van der Waals surface area contributed by atoms with E-state index in [0.717, 1.165) is 19.3 Å². The van der Waals surface area contributed by atoms with E-state index in [-0.39, 0.29) is 17.4 Å². The van der Waals surface area contributed by atoms with Crippen LogP contribution in [-0.4, -0.2) is 20.6 Å². The van der Waals surface area contributed by atoms with Crippen LogP contribution in [0.25, 0.3) is 0 Å². The number of hydrogen-bond acceptors (Lipinski definition) is 2. The summed E-state index contributed by atoms with van der Waals surface area (Å²) in [6, 6.07) is 0.0444. The number of aromatic nitrogens is 2. The van der Waals surface area contributed by atoms with Crippen LogP contribution in [0.5, 0.6) is 0 Å². The van der Waals surface area contributed by atoms with Crippen LogP contribution < -0.4 is 0 Å². The molecule has 0 aromatic carbocycles. The normalized spacial score (nSPS) is 29.2. The Bertz CT molecular complexity index is 406. The molecule has 1 aliphatic carbocycles. The summed E-state index contributed by atoms with van der Waals surface area (Å²) in [5.74, 6) is -0.389. The summed E-state index contributed by atoms with van der Waals surface area (Å²) in [6.07, 6.45) is 8.04. The molecule has 3 unspecified atom stereocenters. The quantitative estimate of drug-likeness (QED) is 0.878. The number of hydrogen-bond donors (Lipinski definition) is 1. The molecular weight excluding hydrogens is 228 g/mol. The van der Waals surface area contributed by atoms with E-state index in [0.29, 0.717) is 5.92 Å². The molecule has 1 N–H and O–H groups in total. The molecule has 100 valence electrons. The Hall–Kier alpha value is -1.32. The van der Waals surface area contributed by atoms with E-state index in [9.17, 15) is 9.90 Å². The molecule has 1 fully saturated rings. The number of imidazole rings is 1. The molecule has 0 bridgehead atoms. The molecule has 1 saturated carbocycles. The van der Waals surface area contributed by atoms with Gasteiger partial charge >= 0.3 is 5.97 Å². The van der Waals surface area contributed by atoms with Crippen LogP contribution >= 0.6 is 0 Å². The minimum atomic E-state index is -0.680. The van der Waals surface area contributed by atoms with Crippen molar-refractivity contribution in [3.05, 3.63) is 18.7 Å². The van der Waals surface area contributed by atoms with Gasteiger partial charge in [0.1, 0.15) is 0 Å². The zero-order valence-electron chi connectivity index (χ0n) is 11.3. The lowest BCUT2D eigenvalue weighted by atomic mass is 9.68. The highest BCUT2D eigenvalue weighted by atomic mass is 16.4. The topological polar surface area (TPSA) is 55.1 Å². The van der Waals surface area contributed by atoms with Gasteiger partial charge in [0.2, 0.25) is 0 Å². The van der Waals surface area contributed by atoms with Crippen molar-refractivity contribution in [2.24, 2.45) is 17.3 Å². The van der Waals surface area contributed by atoms with Gasteiger partial charge in [0.05, 0.1) is 12.2 Å². The van der Waals surface area contributed by atoms with E-state index < -0.39 is 5.97 Å². The Balaban J connectivity index is 2.22. The molecule has 18 heavy (non-hydrogen) atoms. The molecule has 2 rings (SSSR count). The van der Waals surface area contributed by atoms with Gasteiger partial charge in [0.25, 0.3) is 0 Å². The molecule has 4 nitrogen and oxygen atoms in total. The number of nitrogens with zero attached hydrogens (tertiary/aromatic N) is 2. The standard InChI is InChI=1S/C14H22N2O2/c1-14(2,3)10-4-5-11(13(17)18)12(8-10)16-7-6-15-9-16/h6-7,9-12H,4-5,8H2,1-3H3,(H,17,18). The Morgan fingerprint density at radius 3 is 2.61 bits per heavy atom. The second-order valence-corrected chi connectivity index (χ2v) is 6.40. The molecule has 1 heterocycles. The van der Waals surface area contributed by atoms with E-state index in [1.807, 2.05) is 10.8 Å². The summed E-state index contributed by atoms with van der Waals surface area (Å²) in [7, 11) is 0. The molecule has 1 aliphatic rings. The monoisotopic (exact) mass is 250 g/mol. The second-order valence-electron chi connectivity index (χ2n) is 6.40. The van der Waals surface area contributed by atoms with Crippen LogP contribution in [-0.2, 0) is 4.79 Å². The van der Waals surface area contributed by atoms with E-state index >= 15 is 0 Å². The summed E-state index contributed by atoms with van der Waals surface area (Å²) in [5, 5.41) is 9.36. The molecule has 0 saturated heterocycles. The van der Waals surface area contributed by atoms with Crippen LogP contribution in [0.2, 0.25) is 0 Å². The first kappa shape index (κ1) is 13.1. The van der Waals surface area contributed by atoms with Crippen molar-refractivity contribution in [3.8, 4) is 0 Å². The van der Waals surface area contributed by atoms with Crippen LogP contribution in [0, 0.1) is 17.3 Å². The molecule has 0 radical (unpaired) electrons. The molecule has 1 aromatic rings. The second kappa shape index (κ2) is 4.75. The fourth-order valence-corrected chi connectivity index (χ4v) is 3.02. The number of rotatable bonds is 2. The highest BCUT2D eigenvalue weighted by Crippen LogP contribution is 2.44. The molecule has 0 aliphatic heterocycles. The fourth-order valence-electron chi connectivity index (χ4n) is 3.02. The maximum absolute atomic E-state index is 11.4. The molecule has 4 heteroatoms. The lowest BCUT2D eigenvalue weighted by Gasteiger charge is -2.40. The van der Waals surface area contributed by atoms with Gasteiger partial charge in [-0.15, -0.1) is 0 Å². The first-order valence-electron chi connectivity index (χ1n) is 6.60. The SMILES string of the molecule is CC(C)(C)C1CCC(C(=O)O)C(n2ccnc2)C1. The predicted octanol–water partition coefficient (Wildman–Crippen LogP) is 2.97. The summed E-state index contributed by atoms with van der Waals surface area (Å²) in [4.78, 5) is 15.4. The van der Waals surface area contributed by atoms with Gasteiger partial charge in [0.15, 0.2) is 0 Å². The Morgan fingerprint density at radius 2 is 2.11 bits per heavy atom. The fraction of sp³-hybridized carbons (Fsp3) is 0.714. The van der Waals surface area contributed by atoms with Crippen molar-refractivity contribution < 1.29 is 9.90 Å². The van der Waals surface area contributed by atoms with Gasteiger partial charge in [-0.25, -0.2) is 4.98 Å². The third kappa shape index (κ3) is 2.57. The van der Waals surface area contributed by atoms with Crippen molar-refractivity contribution in [1.29, 1.82) is 0 Å². The van der Waals surface area contributed by atoms with Crippen LogP contribution in [0.3, 0.4) is 0 Å². The molecule has 0 amide bonds. The maximum atomic E-state index is 11.4. The number of carboxylic acid groups (broad SMARTS) is 1. The highest BCUT2D eigenvalue weighted by Gasteiger charge is 2.39. The van der Waals surface area contributed by atoms with Crippen molar-refractivity contribution in [2.75, 3.05) is 0 Å². The third-order valence-corrected chi connectivity index (χ3v) is 4.27. The molecule has 3 atom stereocenters. The average molecular weight is 250 g/mol. The third-order valence-electron chi connectivity index (χ3n) is 4.27. The van der Waals surface area contributed by atoms with Crippen LogP contribution in [0.1, 0.15) is 46.1 Å². The van der Waals surface area contributed by atoms with Crippen LogP contribution in [0.4, 0.5) is 0 Å². The number of carbonyl (C=O) groups is 1. The number of aliphatic carboxylic acids is 1. The van der Waals surface area contributed by atoms with Gasteiger partial charge in [-0.2, -0.15) is 0 Å². The average Bonchev–Trinajstić information content (AvgIpc) is 2.80. The first-order chi connectivity index (χ1) is 8.39. The predicted molar refractivity (Wildman–Crippen MR) is 69.2 cm³/mol. The lowest BCUT2D eigenvalue weighted by molar-refractivity contribution is -0.145. The lowest BCUT2D eigenvalue weighted by Crippen LogP contribution is -2.36. The maximum Gasteiger partial charge on any atom is 0.308 e. The van der Waals surface area contributed by atoms with Gasteiger partial charge < -0.3 is 9.67 Å². The summed E-state index contributed by atoms with van der Waals surface area (Å²) < 4.78 is 1.97. The van der Waals surface area contributed by atoms with Crippen molar-refractivity contribution in [3.63, 3.8) is 0 Å². The minimum Gasteiger partial charge on any atom is -0.481 e. The largest absolute Gasteiger partial charge is 0.481 e. The van der Waals surface area contributed by atoms with E-state index in [2.05, 4.69) is 25.8 Å². The zero-order valence-corrected chi connectivity index (χ0v) is 11.3. The Labute approximate surface area is 108 Å². The van der Waals surface area contributed by atoms with E-state index in [1.165, 1.54) is 0 Å². The van der Waals surface area contributed by atoms with E-state index in [4.69, 9.17) is 0 Å². The summed E-state index contributed by atoms with van der Waals surface area (Å²) in [5.41, 5.74) is 0.238. The summed E-state index contributed by atoms with van der Waals surface area (Å²) in [6.45, 7) is 6.72. The van der Waals surface area contributed by atoms with Gasteiger partial charge in [-0.1, -0.05) is 20.8 Å². The molecule has 0 spiro atoms. The smallest absolute Gasteiger partial charge is 0.308 e. The van der Waals surface area contributed by atoms with Gasteiger partial charge in [0, 0.05) is 18.4 Å². The molecular formula is C14H22N2O2. The van der Waals surface area contributed by atoms with Crippen molar-refractivity contribution >= 4 is 5.97 Å². The van der Waals surface area contributed by atoms with Gasteiger partial charge in [-0.05, 0) is 30.6 Å². The highest BCUT2D eigenvalue weighted by molar-refractivity contribution is 5.70. The van der Waals surface area contributed by atoms with Gasteiger partial charge in [-0.3, -0.25) is 4.79 Å². The molecule has 1 aromatic heterocycles. The van der Waals surface area contributed by atoms with Crippen LogP contribution in [0.15, 0.2) is 18.7 Å². The Morgan fingerprint density at radius 1 is 1.39 bits per heavy atom.